The van der Waals surface area contributed by atoms with Gasteiger partial charge in [-0.05, 0) is 25.9 Å². The number of hydrogen-bond donors (Lipinski definition) is 1. The van der Waals surface area contributed by atoms with Crippen LogP contribution in [-0.4, -0.2) is 79.1 Å². The van der Waals surface area contributed by atoms with Crippen LogP contribution in [0.1, 0.15) is 12.8 Å². The molecule has 0 aliphatic carbocycles. The average molecular weight is 238 g/mol. The van der Waals surface area contributed by atoms with E-state index in [0.29, 0.717) is 6.04 Å². The van der Waals surface area contributed by atoms with Crippen LogP contribution in [0.3, 0.4) is 0 Å². The van der Waals surface area contributed by atoms with Crippen LogP contribution >= 0.6 is 0 Å². The fourth-order valence-corrected chi connectivity index (χ4v) is 3.15. The molecule has 0 saturated carbocycles. The number of likely N-dealkylation sites (tertiary alicyclic amines) is 1. The number of fused-ring (bicyclic) bond motifs is 1. The Balaban J connectivity index is 1.51. The molecule has 96 valence electrons. The van der Waals surface area contributed by atoms with E-state index < -0.39 is 0 Å². The molecule has 17 heavy (non-hydrogen) atoms. The highest BCUT2D eigenvalue weighted by atomic mass is 16.2. The molecule has 3 fully saturated rings. The summed E-state index contributed by atoms with van der Waals surface area (Å²) >= 11 is 0. The highest BCUT2D eigenvalue weighted by Crippen LogP contribution is 2.17. The van der Waals surface area contributed by atoms with Gasteiger partial charge in [0.05, 0.1) is 6.04 Å². The molecule has 1 N–H and O–H groups in total. The van der Waals surface area contributed by atoms with Crippen LogP contribution in [0.25, 0.3) is 0 Å². The van der Waals surface area contributed by atoms with E-state index in [2.05, 4.69) is 10.2 Å². The largest absolute Gasteiger partial charge is 0.321 e. The van der Waals surface area contributed by atoms with Crippen molar-refractivity contribution in [1.82, 2.24) is 20.0 Å². The maximum atomic E-state index is 12.2. The van der Waals surface area contributed by atoms with Gasteiger partial charge in [-0.25, -0.2) is 4.79 Å². The minimum Gasteiger partial charge on any atom is -0.321 e. The topological polar surface area (TPSA) is 38.8 Å². The standard InChI is InChI=1S/C12H22N4O/c17-12-15(8-7-14-4-1-2-5-14)10-11-9-13-3-6-16(11)12/h11,13H,1-10H2. The molecule has 3 saturated heterocycles. The predicted octanol–water partition coefficient (Wildman–Crippen LogP) is -0.208. The highest BCUT2D eigenvalue weighted by molar-refractivity contribution is 5.77. The number of carbonyl (C=O) groups is 1. The normalized spacial score (nSPS) is 30.1. The number of hydrogen-bond acceptors (Lipinski definition) is 3. The van der Waals surface area contributed by atoms with E-state index in [0.717, 1.165) is 39.3 Å². The van der Waals surface area contributed by atoms with E-state index in [4.69, 9.17) is 0 Å². The van der Waals surface area contributed by atoms with Crippen molar-refractivity contribution in [1.29, 1.82) is 0 Å². The fourth-order valence-electron chi connectivity index (χ4n) is 3.15. The molecule has 5 nitrogen and oxygen atoms in total. The third-order valence-corrected chi connectivity index (χ3v) is 4.18. The zero-order valence-electron chi connectivity index (χ0n) is 10.4. The van der Waals surface area contributed by atoms with Gasteiger partial charge in [0.1, 0.15) is 0 Å². The van der Waals surface area contributed by atoms with Gasteiger partial charge in [-0.15, -0.1) is 0 Å². The number of rotatable bonds is 3. The Bertz CT molecular complexity index is 290. The Morgan fingerprint density at radius 1 is 1.18 bits per heavy atom. The summed E-state index contributed by atoms with van der Waals surface area (Å²) in [6.45, 7) is 8.11. The summed E-state index contributed by atoms with van der Waals surface area (Å²) in [5, 5.41) is 3.36. The molecule has 5 heteroatoms. The molecule has 1 atom stereocenters. The summed E-state index contributed by atoms with van der Waals surface area (Å²) in [6.07, 6.45) is 2.65. The molecule has 0 aromatic carbocycles. The summed E-state index contributed by atoms with van der Waals surface area (Å²) in [4.78, 5) is 18.7. The van der Waals surface area contributed by atoms with Gasteiger partial charge in [0, 0.05) is 39.3 Å². The number of carbonyl (C=O) groups excluding carboxylic acids is 1. The maximum Gasteiger partial charge on any atom is 0.320 e. The quantitative estimate of drug-likeness (QED) is 0.739. The van der Waals surface area contributed by atoms with Crippen molar-refractivity contribution in [3.05, 3.63) is 0 Å². The van der Waals surface area contributed by atoms with E-state index in [-0.39, 0.29) is 6.03 Å². The molecule has 1 unspecified atom stereocenters. The number of piperazine rings is 1. The minimum absolute atomic E-state index is 0.260. The second-order valence-electron chi connectivity index (χ2n) is 5.33. The van der Waals surface area contributed by atoms with E-state index in [1.165, 1.54) is 25.9 Å². The Labute approximate surface area is 103 Å². The SMILES string of the molecule is O=C1N(CCN2CCCC2)CC2CNCCN12. The average Bonchev–Trinajstić information content (AvgIpc) is 2.96. The number of urea groups is 1. The first-order chi connectivity index (χ1) is 8.34. The molecule has 3 aliphatic rings. The Morgan fingerprint density at radius 2 is 2.00 bits per heavy atom. The van der Waals surface area contributed by atoms with Crippen LogP contribution in [0.5, 0.6) is 0 Å². The lowest BCUT2D eigenvalue weighted by atomic mass is 10.2. The van der Waals surface area contributed by atoms with Crippen LogP contribution < -0.4 is 5.32 Å². The zero-order chi connectivity index (χ0) is 11.7. The van der Waals surface area contributed by atoms with Crippen molar-refractivity contribution in [3.8, 4) is 0 Å². The molecule has 3 aliphatic heterocycles. The van der Waals surface area contributed by atoms with Crippen LogP contribution in [0.4, 0.5) is 4.79 Å². The number of nitrogens with zero attached hydrogens (tertiary/aromatic N) is 3. The van der Waals surface area contributed by atoms with Crippen LogP contribution in [0.2, 0.25) is 0 Å². The van der Waals surface area contributed by atoms with Gasteiger partial charge in [0.2, 0.25) is 0 Å². The third-order valence-electron chi connectivity index (χ3n) is 4.18. The first kappa shape index (κ1) is 11.3. The van der Waals surface area contributed by atoms with Crippen LogP contribution in [0.15, 0.2) is 0 Å². The summed E-state index contributed by atoms with van der Waals surface area (Å²) in [7, 11) is 0. The fraction of sp³-hybridized carbons (Fsp3) is 0.917. The van der Waals surface area contributed by atoms with Crippen molar-refractivity contribution >= 4 is 6.03 Å². The molecule has 0 aromatic rings. The van der Waals surface area contributed by atoms with E-state index >= 15 is 0 Å². The van der Waals surface area contributed by atoms with Gasteiger partial charge in [0.15, 0.2) is 0 Å². The number of nitrogens with one attached hydrogen (secondary N) is 1. The second-order valence-corrected chi connectivity index (χ2v) is 5.33. The Hall–Kier alpha value is -0.810. The number of amides is 2. The molecular weight excluding hydrogens is 216 g/mol. The first-order valence-corrected chi connectivity index (χ1v) is 6.83. The van der Waals surface area contributed by atoms with E-state index in [9.17, 15) is 4.79 Å². The molecule has 0 aromatic heterocycles. The summed E-state index contributed by atoms with van der Waals surface area (Å²) in [5.74, 6) is 0. The van der Waals surface area contributed by atoms with Gasteiger partial charge in [0.25, 0.3) is 0 Å². The monoisotopic (exact) mass is 238 g/mol. The summed E-state index contributed by atoms with van der Waals surface area (Å²) < 4.78 is 0. The highest BCUT2D eigenvalue weighted by Gasteiger charge is 2.38. The molecule has 3 rings (SSSR count). The summed E-state index contributed by atoms with van der Waals surface area (Å²) in [5.41, 5.74) is 0. The second kappa shape index (κ2) is 4.82. The van der Waals surface area contributed by atoms with E-state index in [1.54, 1.807) is 0 Å². The molecular formula is C12H22N4O. The van der Waals surface area contributed by atoms with Crippen molar-refractivity contribution in [2.45, 2.75) is 18.9 Å². The smallest absolute Gasteiger partial charge is 0.320 e. The summed E-state index contributed by atoms with van der Waals surface area (Å²) in [6, 6.07) is 0.672. The third kappa shape index (κ3) is 2.26. The molecule has 2 amide bonds. The Kier molecular flexibility index (Phi) is 3.20. The molecule has 3 heterocycles. The molecule has 0 bridgehead atoms. The minimum atomic E-state index is 0.260. The lowest BCUT2D eigenvalue weighted by Crippen LogP contribution is -2.49. The first-order valence-electron chi connectivity index (χ1n) is 6.83. The van der Waals surface area contributed by atoms with Gasteiger partial charge in [-0.3, -0.25) is 0 Å². The van der Waals surface area contributed by atoms with Crippen molar-refractivity contribution in [2.75, 3.05) is 52.4 Å². The maximum absolute atomic E-state index is 12.2. The van der Waals surface area contributed by atoms with Gasteiger partial charge in [-0.2, -0.15) is 0 Å². The molecule has 0 radical (unpaired) electrons. The van der Waals surface area contributed by atoms with Crippen LogP contribution in [0, 0.1) is 0 Å². The van der Waals surface area contributed by atoms with E-state index in [1.807, 2.05) is 9.80 Å². The van der Waals surface area contributed by atoms with Gasteiger partial charge < -0.3 is 20.0 Å². The van der Waals surface area contributed by atoms with Gasteiger partial charge >= 0.3 is 6.03 Å². The lowest BCUT2D eigenvalue weighted by molar-refractivity contribution is 0.176. The zero-order valence-corrected chi connectivity index (χ0v) is 10.4. The van der Waals surface area contributed by atoms with Crippen molar-refractivity contribution < 1.29 is 4.79 Å². The predicted molar refractivity (Wildman–Crippen MR) is 66.0 cm³/mol. The van der Waals surface area contributed by atoms with Crippen LogP contribution in [-0.2, 0) is 0 Å². The molecule has 0 spiro atoms. The van der Waals surface area contributed by atoms with Crippen molar-refractivity contribution in [3.63, 3.8) is 0 Å². The Morgan fingerprint density at radius 3 is 2.76 bits per heavy atom. The van der Waals surface area contributed by atoms with Gasteiger partial charge in [-0.1, -0.05) is 0 Å². The lowest BCUT2D eigenvalue weighted by Gasteiger charge is -2.28. The van der Waals surface area contributed by atoms with Crippen molar-refractivity contribution in [2.24, 2.45) is 0 Å².